The number of alkyl carbamates (subject to hydrolysis) is 1. The van der Waals surface area contributed by atoms with E-state index < -0.39 is 17.6 Å². The van der Waals surface area contributed by atoms with Gasteiger partial charge in [-0.15, -0.1) is 0 Å². The molecular weight excluding hydrogens is 214 g/mol. The Morgan fingerprint density at radius 1 is 1.75 bits per heavy atom. The van der Waals surface area contributed by atoms with Gasteiger partial charge in [-0.2, -0.15) is 0 Å². The normalized spacial score (nSPS) is 34.8. The lowest BCUT2D eigenvalue weighted by molar-refractivity contribution is -0.142. The molecule has 2 heterocycles. The second-order valence-corrected chi connectivity index (χ2v) is 4.35. The molecule has 0 aromatic carbocycles. The number of carbonyl (C=O) groups is 2. The number of rotatable bonds is 3. The Kier molecular flexibility index (Phi) is 2.73. The van der Waals surface area contributed by atoms with Gasteiger partial charge in [-0.3, -0.25) is 9.69 Å². The highest BCUT2D eigenvalue weighted by atomic mass is 16.6. The summed E-state index contributed by atoms with van der Waals surface area (Å²) in [6, 6.07) is 0. The van der Waals surface area contributed by atoms with Crippen molar-refractivity contribution in [2.45, 2.75) is 18.1 Å². The van der Waals surface area contributed by atoms with Crippen LogP contribution in [0.15, 0.2) is 0 Å². The molecule has 2 fully saturated rings. The molecule has 2 atom stereocenters. The second-order valence-electron chi connectivity index (χ2n) is 4.35. The molecule has 2 rings (SSSR count). The van der Waals surface area contributed by atoms with Crippen molar-refractivity contribution in [1.82, 2.24) is 10.2 Å². The molecule has 0 aromatic rings. The fourth-order valence-corrected chi connectivity index (χ4v) is 2.07. The summed E-state index contributed by atoms with van der Waals surface area (Å²) in [6.45, 7) is 1.93. The number of carboxylic acid groups (broad SMARTS) is 1. The monoisotopic (exact) mass is 229 g/mol. The lowest BCUT2D eigenvalue weighted by atomic mass is 10.0. The van der Waals surface area contributed by atoms with Gasteiger partial charge in [0.25, 0.3) is 0 Å². The van der Waals surface area contributed by atoms with E-state index in [-0.39, 0.29) is 6.10 Å². The molecule has 0 radical (unpaired) electrons. The summed E-state index contributed by atoms with van der Waals surface area (Å²) in [5, 5.41) is 11.5. The number of hydrogen-bond donors (Lipinski definition) is 3. The van der Waals surface area contributed by atoms with E-state index in [9.17, 15) is 9.59 Å². The molecule has 2 aliphatic heterocycles. The van der Waals surface area contributed by atoms with Crippen molar-refractivity contribution in [2.24, 2.45) is 5.73 Å². The largest absolute Gasteiger partial charge is 0.480 e. The minimum atomic E-state index is -1.16. The van der Waals surface area contributed by atoms with E-state index in [4.69, 9.17) is 15.6 Å². The SMILES string of the molecule is NC1(C(=O)O)CCN(CC2CNC(=O)O2)C1. The topological polar surface area (TPSA) is 105 Å². The zero-order chi connectivity index (χ0) is 11.8. The molecule has 7 heteroatoms. The minimum Gasteiger partial charge on any atom is -0.480 e. The predicted octanol–water partition coefficient (Wildman–Crippen LogP) is -1.42. The van der Waals surface area contributed by atoms with Crippen LogP contribution in [-0.2, 0) is 9.53 Å². The van der Waals surface area contributed by atoms with Crippen molar-refractivity contribution in [3.8, 4) is 0 Å². The Hall–Kier alpha value is -1.34. The molecule has 0 aliphatic carbocycles. The zero-order valence-corrected chi connectivity index (χ0v) is 8.81. The van der Waals surface area contributed by atoms with Crippen LogP contribution >= 0.6 is 0 Å². The van der Waals surface area contributed by atoms with Crippen molar-refractivity contribution in [2.75, 3.05) is 26.2 Å². The Morgan fingerprint density at radius 3 is 3.00 bits per heavy atom. The Morgan fingerprint density at radius 2 is 2.50 bits per heavy atom. The van der Waals surface area contributed by atoms with Crippen LogP contribution in [0.25, 0.3) is 0 Å². The third kappa shape index (κ3) is 2.10. The predicted molar refractivity (Wildman–Crippen MR) is 53.9 cm³/mol. The average Bonchev–Trinajstić information content (AvgIpc) is 2.75. The van der Waals surface area contributed by atoms with Gasteiger partial charge in [0.15, 0.2) is 0 Å². The van der Waals surface area contributed by atoms with Gasteiger partial charge in [-0.1, -0.05) is 0 Å². The first-order chi connectivity index (χ1) is 7.49. The third-order valence-corrected chi connectivity index (χ3v) is 3.02. The highest BCUT2D eigenvalue weighted by Crippen LogP contribution is 2.19. The van der Waals surface area contributed by atoms with Crippen LogP contribution in [0.1, 0.15) is 6.42 Å². The van der Waals surface area contributed by atoms with Gasteiger partial charge in [0, 0.05) is 19.6 Å². The maximum atomic E-state index is 10.9. The summed E-state index contributed by atoms with van der Waals surface area (Å²) in [5.41, 5.74) is 4.57. The molecule has 7 nitrogen and oxygen atoms in total. The van der Waals surface area contributed by atoms with Crippen LogP contribution in [0.3, 0.4) is 0 Å². The van der Waals surface area contributed by atoms with Gasteiger partial charge >= 0.3 is 12.1 Å². The molecule has 90 valence electrons. The number of aliphatic carboxylic acids is 1. The van der Waals surface area contributed by atoms with Gasteiger partial charge in [0.1, 0.15) is 11.6 Å². The van der Waals surface area contributed by atoms with E-state index in [1.807, 2.05) is 4.90 Å². The summed E-state index contributed by atoms with van der Waals surface area (Å²) in [7, 11) is 0. The van der Waals surface area contributed by atoms with E-state index in [1.54, 1.807) is 0 Å². The van der Waals surface area contributed by atoms with Crippen LogP contribution in [-0.4, -0.2) is 59.9 Å². The molecular formula is C9H15N3O4. The van der Waals surface area contributed by atoms with Crippen LogP contribution < -0.4 is 11.1 Å². The van der Waals surface area contributed by atoms with Gasteiger partial charge < -0.3 is 20.9 Å². The van der Waals surface area contributed by atoms with E-state index >= 15 is 0 Å². The maximum Gasteiger partial charge on any atom is 0.407 e. The summed E-state index contributed by atoms with van der Waals surface area (Å²) >= 11 is 0. The van der Waals surface area contributed by atoms with Crippen molar-refractivity contribution < 1.29 is 19.4 Å². The molecule has 2 unspecified atom stereocenters. The quantitative estimate of drug-likeness (QED) is 0.548. The van der Waals surface area contributed by atoms with E-state index in [0.29, 0.717) is 32.6 Å². The second kappa shape index (κ2) is 3.91. The fourth-order valence-electron chi connectivity index (χ4n) is 2.07. The van der Waals surface area contributed by atoms with Crippen molar-refractivity contribution in [3.63, 3.8) is 0 Å². The molecule has 1 amide bonds. The summed E-state index contributed by atoms with van der Waals surface area (Å²) in [6.07, 6.45) is -0.193. The Labute approximate surface area is 92.5 Å². The van der Waals surface area contributed by atoms with Crippen molar-refractivity contribution in [1.29, 1.82) is 0 Å². The molecule has 2 aliphatic rings. The van der Waals surface area contributed by atoms with Gasteiger partial charge in [0.05, 0.1) is 6.54 Å². The average molecular weight is 229 g/mol. The van der Waals surface area contributed by atoms with Gasteiger partial charge in [-0.05, 0) is 6.42 Å². The number of nitrogens with zero attached hydrogens (tertiary/aromatic N) is 1. The first-order valence-corrected chi connectivity index (χ1v) is 5.19. The molecule has 2 saturated heterocycles. The van der Waals surface area contributed by atoms with E-state index in [2.05, 4.69) is 5.32 Å². The molecule has 0 saturated carbocycles. The summed E-state index contributed by atoms with van der Waals surface area (Å²) in [4.78, 5) is 23.6. The molecule has 16 heavy (non-hydrogen) atoms. The first kappa shape index (κ1) is 11.2. The van der Waals surface area contributed by atoms with Crippen LogP contribution in [0.2, 0.25) is 0 Å². The number of likely N-dealkylation sites (tertiary alicyclic amines) is 1. The smallest absolute Gasteiger partial charge is 0.407 e. The number of nitrogens with one attached hydrogen (secondary N) is 1. The highest BCUT2D eigenvalue weighted by molar-refractivity contribution is 5.79. The first-order valence-electron chi connectivity index (χ1n) is 5.19. The molecule has 0 spiro atoms. The Balaban J connectivity index is 1.85. The van der Waals surface area contributed by atoms with Crippen LogP contribution in [0.5, 0.6) is 0 Å². The number of nitrogens with two attached hydrogens (primary N) is 1. The van der Waals surface area contributed by atoms with Crippen LogP contribution in [0.4, 0.5) is 4.79 Å². The van der Waals surface area contributed by atoms with E-state index in [1.165, 1.54) is 0 Å². The maximum absolute atomic E-state index is 10.9. The van der Waals surface area contributed by atoms with Gasteiger partial charge in [-0.25, -0.2) is 4.79 Å². The lowest BCUT2D eigenvalue weighted by Crippen LogP contribution is -2.50. The number of hydrogen-bond acceptors (Lipinski definition) is 5. The number of amides is 1. The van der Waals surface area contributed by atoms with Crippen molar-refractivity contribution >= 4 is 12.1 Å². The molecule has 4 N–H and O–H groups in total. The Bertz CT molecular complexity index is 322. The standard InChI is InChI=1S/C9H15N3O4/c10-9(7(13)14)1-2-12(5-9)4-6-3-11-8(15)16-6/h6H,1-5,10H2,(H,11,15)(H,13,14). The summed E-state index contributed by atoms with van der Waals surface area (Å²) in [5.74, 6) is -0.975. The zero-order valence-electron chi connectivity index (χ0n) is 8.81. The molecule has 0 aromatic heterocycles. The number of ether oxygens (including phenoxy) is 1. The van der Waals surface area contributed by atoms with Gasteiger partial charge in [0.2, 0.25) is 0 Å². The summed E-state index contributed by atoms with van der Waals surface area (Å²) < 4.78 is 4.97. The number of carbonyl (C=O) groups excluding carboxylic acids is 1. The number of cyclic esters (lactones) is 1. The van der Waals surface area contributed by atoms with E-state index in [0.717, 1.165) is 0 Å². The fraction of sp³-hybridized carbons (Fsp3) is 0.778. The molecule has 0 bridgehead atoms. The highest BCUT2D eigenvalue weighted by Gasteiger charge is 2.42. The number of carboxylic acids is 1. The third-order valence-electron chi connectivity index (χ3n) is 3.02. The minimum absolute atomic E-state index is 0.205. The van der Waals surface area contributed by atoms with Crippen molar-refractivity contribution in [3.05, 3.63) is 0 Å². The lowest BCUT2D eigenvalue weighted by Gasteiger charge is -2.21. The van der Waals surface area contributed by atoms with Crippen LogP contribution in [0, 0.1) is 0 Å².